The molecule has 0 aliphatic heterocycles. The van der Waals surface area contributed by atoms with Crippen LogP contribution in [0.5, 0.6) is 0 Å². The minimum atomic E-state index is -0.0757. The van der Waals surface area contributed by atoms with Crippen LogP contribution in [0.3, 0.4) is 0 Å². The highest BCUT2D eigenvalue weighted by atomic mass is 16.1. The van der Waals surface area contributed by atoms with Gasteiger partial charge in [0.05, 0.1) is 0 Å². The van der Waals surface area contributed by atoms with Gasteiger partial charge in [-0.25, -0.2) is 0 Å². The van der Waals surface area contributed by atoms with E-state index in [0.29, 0.717) is 17.6 Å². The van der Waals surface area contributed by atoms with Crippen LogP contribution in [0.1, 0.15) is 75.7 Å². The molecular formula is C20H30O. The standard InChI is InChI=1S/C20H30O/c1-15(2)13-17-7-9-18(10-8-17)19(21)20(14-16(3)4)11-5-6-12-20/h7-10,15-16H,5-6,11-14H2,1-4H3. The molecule has 1 fully saturated rings. The highest BCUT2D eigenvalue weighted by molar-refractivity contribution is 6.00. The van der Waals surface area contributed by atoms with Crippen LogP contribution >= 0.6 is 0 Å². The molecule has 21 heavy (non-hydrogen) atoms. The molecule has 0 amide bonds. The zero-order valence-electron chi connectivity index (χ0n) is 14.1. The maximum absolute atomic E-state index is 13.0. The van der Waals surface area contributed by atoms with Crippen LogP contribution in [0.25, 0.3) is 0 Å². The molecule has 0 spiro atoms. The van der Waals surface area contributed by atoms with Crippen LogP contribution in [0.4, 0.5) is 0 Å². The third-order valence-electron chi connectivity index (χ3n) is 4.70. The second-order valence-electron chi connectivity index (χ2n) is 7.71. The number of ketones is 1. The number of hydrogen-bond donors (Lipinski definition) is 0. The average molecular weight is 286 g/mol. The summed E-state index contributed by atoms with van der Waals surface area (Å²) in [4.78, 5) is 13.0. The highest BCUT2D eigenvalue weighted by Crippen LogP contribution is 2.45. The molecular weight excluding hydrogens is 256 g/mol. The summed E-state index contributed by atoms with van der Waals surface area (Å²) >= 11 is 0. The molecule has 1 aliphatic carbocycles. The molecule has 0 bridgehead atoms. The Hall–Kier alpha value is -1.11. The fraction of sp³-hybridized carbons (Fsp3) is 0.650. The Morgan fingerprint density at radius 1 is 1.00 bits per heavy atom. The second-order valence-corrected chi connectivity index (χ2v) is 7.71. The molecule has 116 valence electrons. The number of hydrogen-bond acceptors (Lipinski definition) is 1. The van der Waals surface area contributed by atoms with Crippen LogP contribution in [-0.2, 0) is 6.42 Å². The minimum absolute atomic E-state index is 0.0757. The van der Waals surface area contributed by atoms with Crippen molar-refractivity contribution in [2.75, 3.05) is 0 Å². The summed E-state index contributed by atoms with van der Waals surface area (Å²) in [5.74, 6) is 1.64. The van der Waals surface area contributed by atoms with Gasteiger partial charge in [0, 0.05) is 11.0 Å². The molecule has 1 heteroatoms. The summed E-state index contributed by atoms with van der Waals surface area (Å²) in [6.07, 6.45) is 6.72. The molecule has 1 saturated carbocycles. The van der Waals surface area contributed by atoms with Gasteiger partial charge >= 0.3 is 0 Å². The van der Waals surface area contributed by atoms with Crippen molar-refractivity contribution >= 4 is 5.78 Å². The summed E-state index contributed by atoms with van der Waals surface area (Å²) in [5.41, 5.74) is 2.18. The Bertz CT molecular complexity index is 461. The second kappa shape index (κ2) is 6.77. The lowest BCUT2D eigenvalue weighted by Crippen LogP contribution is -2.30. The maximum atomic E-state index is 13.0. The molecule has 0 radical (unpaired) electrons. The van der Waals surface area contributed by atoms with Crippen LogP contribution in [0.2, 0.25) is 0 Å². The highest BCUT2D eigenvalue weighted by Gasteiger charge is 2.41. The number of Topliss-reactive ketones (excluding diaryl/α,β-unsaturated/α-hetero) is 1. The smallest absolute Gasteiger partial charge is 0.169 e. The molecule has 1 aliphatic rings. The Labute approximate surface area is 130 Å². The van der Waals surface area contributed by atoms with Crippen molar-refractivity contribution in [2.45, 2.75) is 66.2 Å². The number of carbonyl (C=O) groups excluding carboxylic acids is 1. The van der Waals surface area contributed by atoms with Gasteiger partial charge in [0.15, 0.2) is 5.78 Å². The van der Waals surface area contributed by atoms with Gasteiger partial charge in [-0.2, -0.15) is 0 Å². The summed E-state index contributed by atoms with van der Waals surface area (Å²) in [6.45, 7) is 8.93. The quantitative estimate of drug-likeness (QED) is 0.615. The van der Waals surface area contributed by atoms with E-state index in [2.05, 4.69) is 52.0 Å². The van der Waals surface area contributed by atoms with Crippen LogP contribution in [0.15, 0.2) is 24.3 Å². The number of benzene rings is 1. The van der Waals surface area contributed by atoms with E-state index in [-0.39, 0.29) is 5.41 Å². The Balaban J connectivity index is 2.17. The maximum Gasteiger partial charge on any atom is 0.169 e. The van der Waals surface area contributed by atoms with Crippen LogP contribution in [-0.4, -0.2) is 5.78 Å². The van der Waals surface area contributed by atoms with E-state index in [1.807, 2.05) is 0 Å². The third kappa shape index (κ3) is 3.96. The summed E-state index contributed by atoms with van der Waals surface area (Å²) < 4.78 is 0. The van der Waals surface area contributed by atoms with Gasteiger partial charge in [0.25, 0.3) is 0 Å². The lowest BCUT2D eigenvalue weighted by molar-refractivity contribution is 0.0760. The van der Waals surface area contributed by atoms with Gasteiger partial charge in [-0.3, -0.25) is 4.79 Å². The van der Waals surface area contributed by atoms with E-state index >= 15 is 0 Å². The minimum Gasteiger partial charge on any atom is -0.294 e. The monoisotopic (exact) mass is 286 g/mol. The van der Waals surface area contributed by atoms with Crippen molar-refractivity contribution < 1.29 is 4.79 Å². The van der Waals surface area contributed by atoms with E-state index < -0.39 is 0 Å². The zero-order chi connectivity index (χ0) is 15.5. The normalized spacial score (nSPS) is 17.6. The van der Waals surface area contributed by atoms with Crippen molar-refractivity contribution in [3.8, 4) is 0 Å². The first kappa shape index (κ1) is 16.3. The number of rotatable bonds is 6. The molecule has 0 unspecified atom stereocenters. The molecule has 0 saturated heterocycles. The van der Waals surface area contributed by atoms with E-state index in [0.717, 1.165) is 31.2 Å². The van der Waals surface area contributed by atoms with E-state index in [9.17, 15) is 4.79 Å². The van der Waals surface area contributed by atoms with Crippen molar-refractivity contribution in [3.63, 3.8) is 0 Å². The van der Waals surface area contributed by atoms with Crippen molar-refractivity contribution in [2.24, 2.45) is 17.3 Å². The van der Waals surface area contributed by atoms with Gasteiger partial charge in [0.2, 0.25) is 0 Å². The Morgan fingerprint density at radius 2 is 1.57 bits per heavy atom. The van der Waals surface area contributed by atoms with E-state index in [4.69, 9.17) is 0 Å². The van der Waals surface area contributed by atoms with Crippen molar-refractivity contribution in [1.82, 2.24) is 0 Å². The first-order valence-electron chi connectivity index (χ1n) is 8.57. The average Bonchev–Trinajstić information content (AvgIpc) is 2.87. The largest absolute Gasteiger partial charge is 0.294 e. The SMILES string of the molecule is CC(C)Cc1ccc(C(=O)C2(CC(C)C)CCCC2)cc1. The summed E-state index contributed by atoms with van der Waals surface area (Å²) in [5, 5.41) is 0. The zero-order valence-corrected chi connectivity index (χ0v) is 14.1. The Morgan fingerprint density at radius 3 is 2.05 bits per heavy atom. The summed E-state index contributed by atoms with van der Waals surface area (Å²) in [7, 11) is 0. The van der Waals surface area contributed by atoms with E-state index in [1.165, 1.54) is 18.4 Å². The predicted molar refractivity (Wildman–Crippen MR) is 89.7 cm³/mol. The van der Waals surface area contributed by atoms with E-state index in [1.54, 1.807) is 0 Å². The first-order chi connectivity index (χ1) is 9.93. The van der Waals surface area contributed by atoms with Crippen LogP contribution < -0.4 is 0 Å². The van der Waals surface area contributed by atoms with Gasteiger partial charge < -0.3 is 0 Å². The van der Waals surface area contributed by atoms with Gasteiger partial charge in [-0.05, 0) is 43.1 Å². The van der Waals surface area contributed by atoms with Crippen LogP contribution in [0, 0.1) is 17.3 Å². The molecule has 0 aromatic heterocycles. The topological polar surface area (TPSA) is 17.1 Å². The molecule has 1 nitrogen and oxygen atoms in total. The third-order valence-corrected chi connectivity index (χ3v) is 4.70. The molecule has 2 rings (SSSR count). The molecule has 0 heterocycles. The van der Waals surface area contributed by atoms with Crippen molar-refractivity contribution in [3.05, 3.63) is 35.4 Å². The van der Waals surface area contributed by atoms with Gasteiger partial charge in [-0.1, -0.05) is 64.8 Å². The van der Waals surface area contributed by atoms with Gasteiger partial charge in [-0.15, -0.1) is 0 Å². The molecule has 1 aromatic rings. The number of carbonyl (C=O) groups is 1. The van der Waals surface area contributed by atoms with Gasteiger partial charge in [0.1, 0.15) is 0 Å². The van der Waals surface area contributed by atoms with Crippen molar-refractivity contribution in [1.29, 1.82) is 0 Å². The molecule has 0 atom stereocenters. The Kier molecular flexibility index (Phi) is 5.24. The molecule has 0 N–H and O–H groups in total. The summed E-state index contributed by atoms with van der Waals surface area (Å²) in [6, 6.07) is 8.40. The fourth-order valence-electron chi connectivity index (χ4n) is 3.93. The fourth-order valence-corrected chi connectivity index (χ4v) is 3.93. The lowest BCUT2D eigenvalue weighted by atomic mass is 9.73. The lowest BCUT2D eigenvalue weighted by Gasteiger charge is -2.29. The predicted octanol–water partition coefficient (Wildman–Crippen LogP) is 5.67. The molecule has 1 aromatic carbocycles. The first-order valence-corrected chi connectivity index (χ1v) is 8.57.